The summed E-state index contributed by atoms with van der Waals surface area (Å²) in [5.41, 5.74) is 0.723. The molecule has 4 heteroatoms. The van der Waals surface area contributed by atoms with Gasteiger partial charge < -0.3 is 5.32 Å². The SMILES string of the molecule is CC[C@H](Br)C(=O)Nc1cccc(Cl)c1. The summed E-state index contributed by atoms with van der Waals surface area (Å²) in [7, 11) is 0. The summed E-state index contributed by atoms with van der Waals surface area (Å²) in [5.74, 6) is -0.0465. The molecule has 1 atom stereocenters. The van der Waals surface area contributed by atoms with Gasteiger partial charge in [0.25, 0.3) is 0 Å². The van der Waals surface area contributed by atoms with Crippen LogP contribution in [0, 0.1) is 0 Å². The molecule has 0 aliphatic heterocycles. The molecule has 2 nitrogen and oxygen atoms in total. The van der Waals surface area contributed by atoms with Gasteiger partial charge in [0.05, 0.1) is 4.83 Å². The highest BCUT2D eigenvalue weighted by Gasteiger charge is 2.11. The van der Waals surface area contributed by atoms with Gasteiger partial charge in [-0.25, -0.2) is 0 Å². The van der Waals surface area contributed by atoms with Crippen LogP contribution < -0.4 is 5.32 Å². The van der Waals surface area contributed by atoms with Crippen LogP contribution in [-0.4, -0.2) is 10.7 Å². The van der Waals surface area contributed by atoms with Gasteiger partial charge in [0.15, 0.2) is 0 Å². The van der Waals surface area contributed by atoms with Crippen molar-refractivity contribution in [2.24, 2.45) is 0 Å². The van der Waals surface area contributed by atoms with E-state index >= 15 is 0 Å². The molecule has 0 saturated carbocycles. The molecule has 0 aromatic heterocycles. The normalized spacial score (nSPS) is 12.2. The van der Waals surface area contributed by atoms with E-state index in [0.29, 0.717) is 5.02 Å². The van der Waals surface area contributed by atoms with Gasteiger partial charge in [0.1, 0.15) is 0 Å². The number of amides is 1. The molecule has 0 aliphatic rings. The Morgan fingerprint density at radius 2 is 2.36 bits per heavy atom. The number of hydrogen-bond donors (Lipinski definition) is 1. The number of anilines is 1. The van der Waals surface area contributed by atoms with E-state index in [-0.39, 0.29) is 10.7 Å². The molecule has 0 spiro atoms. The lowest BCUT2D eigenvalue weighted by Crippen LogP contribution is -2.21. The molecule has 1 aromatic rings. The smallest absolute Gasteiger partial charge is 0.238 e. The molecule has 0 aliphatic carbocycles. The maximum Gasteiger partial charge on any atom is 0.238 e. The van der Waals surface area contributed by atoms with Crippen LogP contribution in [0.3, 0.4) is 0 Å². The average Bonchev–Trinajstić information content (AvgIpc) is 2.16. The van der Waals surface area contributed by atoms with E-state index in [9.17, 15) is 4.79 Å². The lowest BCUT2D eigenvalue weighted by atomic mass is 10.3. The molecular weight excluding hydrogens is 265 g/mol. The summed E-state index contributed by atoms with van der Waals surface area (Å²) in [6, 6.07) is 7.09. The molecule has 0 unspecified atom stereocenters. The first-order valence-corrected chi connectivity index (χ1v) is 5.63. The molecule has 1 rings (SSSR count). The van der Waals surface area contributed by atoms with Crippen molar-refractivity contribution in [2.45, 2.75) is 18.2 Å². The Morgan fingerprint density at radius 3 is 2.93 bits per heavy atom. The second-order valence-electron chi connectivity index (χ2n) is 2.88. The molecule has 0 radical (unpaired) electrons. The maximum atomic E-state index is 11.5. The van der Waals surface area contributed by atoms with Crippen LogP contribution >= 0.6 is 27.5 Å². The second kappa shape index (κ2) is 5.37. The Labute approximate surface area is 96.8 Å². The minimum absolute atomic E-state index is 0.0465. The monoisotopic (exact) mass is 275 g/mol. The fraction of sp³-hybridized carbons (Fsp3) is 0.300. The predicted molar refractivity (Wildman–Crippen MR) is 63.1 cm³/mol. The first kappa shape index (κ1) is 11.5. The minimum Gasteiger partial charge on any atom is -0.325 e. The number of halogens is 2. The molecule has 0 heterocycles. The third kappa shape index (κ3) is 3.31. The summed E-state index contributed by atoms with van der Waals surface area (Å²) in [5, 5.41) is 3.38. The zero-order valence-electron chi connectivity index (χ0n) is 7.76. The number of nitrogens with one attached hydrogen (secondary N) is 1. The molecule has 1 amide bonds. The summed E-state index contributed by atoms with van der Waals surface area (Å²) in [6.07, 6.45) is 0.756. The third-order valence-electron chi connectivity index (χ3n) is 1.74. The van der Waals surface area contributed by atoms with Crippen LogP contribution in [0.5, 0.6) is 0 Å². The van der Waals surface area contributed by atoms with Crippen molar-refractivity contribution < 1.29 is 4.79 Å². The highest BCUT2D eigenvalue weighted by molar-refractivity contribution is 9.10. The molecular formula is C10H11BrClNO. The zero-order chi connectivity index (χ0) is 10.6. The van der Waals surface area contributed by atoms with Gasteiger partial charge in [-0.3, -0.25) is 4.79 Å². The van der Waals surface area contributed by atoms with E-state index in [1.807, 2.05) is 6.92 Å². The molecule has 0 bridgehead atoms. The molecule has 1 aromatic carbocycles. The van der Waals surface area contributed by atoms with Crippen LogP contribution in [0.2, 0.25) is 5.02 Å². The van der Waals surface area contributed by atoms with Crippen molar-refractivity contribution in [1.82, 2.24) is 0 Å². The van der Waals surface area contributed by atoms with Crippen LogP contribution in [0.15, 0.2) is 24.3 Å². The fourth-order valence-electron chi connectivity index (χ4n) is 0.972. The Hall–Kier alpha value is -0.540. The average molecular weight is 277 g/mol. The van der Waals surface area contributed by atoms with Gasteiger partial charge in [0, 0.05) is 10.7 Å². The lowest BCUT2D eigenvalue weighted by Gasteiger charge is -2.08. The number of rotatable bonds is 3. The van der Waals surface area contributed by atoms with E-state index in [0.717, 1.165) is 12.1 Å². The van der Waals surface area contributed by atoms with E-state index < -0.39 is 0 Å². The third-order valence-corrected chi connectivity index (χ3v) is 3.03. The maximum absolute atomic E-state index is 11.5. The molecule has 76 valence electrons. The number of carbonyl (C=O) groups is 1. The van der Waals surface area contributed by atoms with Crippen molar-refractivity contribution in [3.8, 4) is 0 Å². The van der Waals surface area contributed by atoms with E-state index in [1.54, 1.807) is 24.3 Å². The van der Waals surface area contributed by atoms with E-state index in [1.165, 1.54) is 0 Å². The highest BCUT2D eigenvalue weighted by Crippen LogP contribution is 2.16. The quantitative estimate of drug-likeness (QED) is 0.842. The summed E-state index contributed by atoms with van der Waals surface area (Å²) in [4.78, 5) is 11.3. The van der Waals surface area contributed by atoms with Crippen molar-refractivity contribution >= 4 is 39.1 Å². The van der Waals surface area contributed by atoms with Gasteiger partial charge in [-0.05, 0) is 24.6 Å². The number of hydrogen-bond acceptors (Lipinski definition) is 1. The summed E-state index contributed by atoms with van der Waals surface area (Å²) >= 11 is 9.05. The Kier molecular flexibility index (Phi) is 4.42. The molecule has 1 N–H and O–H groups in total. The number of alkyl halides is 1. The van der Waals surface area contributed by atoms with Gasteiger partial charge in [-0.2, -0.15) is 0 Å². The number of carbonyl (C=O) groups excluding carboxylic acids is 1. The van der Waals surface area contributed by atoms with Gasteiger partial charge in [-0.15, -0.1) is 0 Å². The van der Waals surface area contributed by atoms with Crippen LogP contribution in [0.1, 0.15) is 13.3 Å². The Balaban J connectivity index is 2.65. The lowest BCUT2D eigenvalue weighted by molar-refractivity contribution is -0.115. The fourth-order valence-corrected chi connectivity index (χ4v) is 1.28. The van der Waals surface area contributed by atoms with Gasteiger partial charge in [-0.1, -0.05) is 40.5 Å². The standard InChI is InChI=1S/C10H11BrClNO/c1-2-9(11)10(14)13-8-5-3-4-7(12)6-8/h3-6,9H,2H2,1H3,(H,13,14)/t9-/m0/s1. The van der Waals surface area contributed by atoms with Gasteiger partial charge >= 0.3 is 0 Å². The van der Waals surface area contributed by atoms with Crippen molar-refractivity contribution in [3.05, 3.63) is 29.3 Å². The van der Waals surface area contributed by atoms with Crippen molar-refractivity contribution in [2.75, 3.05) is 5.32 Å². The summed E-state index contributed by atoms with van der Waals surface area (Å²) < 4.78 is 0. The van der Waals surface area contributed by atoms with Crippen molar-refractivity contribution in [1.29, 1.82) is 0 Å². The second-order valence-corrected chi connectivity index (χ2v) is 4.42. The summed E-state index contributed by atoms with van der Waals surface area (Å²) in [6.45, 7) is 1.94. The van der Waals surface area contributed by atoms with Crippen LogP contribution in [-0.2, 0) is 4.79 Å². The Bertz CT molecular complexity index is 330. The highest BCUT2D eigenvalue weighted by atomic mass is 79.9. The number of benzene rings is 1. The van der Waals surface area contributed by atoms with E-state index in [2.05, 4.69) is 21.2 Å². The molecule has 14 heavy (non-hydrogen) atoms. The van der Waals surface area contributed by atoms with Crippen molar-refractivity contribution in [3.63, 3.8) is 0 Å². The van der Waals surface area contributed by atoms with Gasteiger partial charge in [0.2, 0.25) is 5.91 Å². The Morgan fingerprint density at radius 1 is 1.64 bits per heavy atom. The molecule has 0 fully saturated rings. The molecule has 0 saturated heterocycles. The minimum atomic E-state index is -0.151. The first-order chi connectivity index (χ1) is 6.63. The largest absolute Gasteiger partial charge is 0.325 e. The first-order valence-electron chi connectivity index (χ1n) is 4.34. The van der Waals surface area contributed by atoms with Crippen LogP contribution in [0.4, 0.5) is 5.69 Å². The van der Waals surface area contributed by atoms with Crippen LogP contribution in [0.25, 0.3) is 0 Å². The zero-order valence-corrected chi connectivity index (χ0v) is 10.1. The van der Waals surface area contributed by atoms with E-state index in [4.69, 9.17) is 11.6 Å². The predicted octanol–water partition coefficient (Wildman–Crippen LogP) is 3.45. The topological polar surface area (TPSA) is 29.1 Å².